The van der Waals surface area contributed by atoms with Crippen LogP contribution >= 0.6 is 11.6 Å². The van der Waals surface area contributed by atoms with Gasteiger partial charge < -0.3 is 19.9 Å². The summed E-state index contributed by atoms with van der Waals surface area (Å²) in [5, 5.41) is 0.647. The number of rotatable bonds is 3. The minimum atomic E-state index is -0.851. The van der Waals surface area contributed by atoms with Crippen LogP contribution < -0.4 is 5.73 Å². The molecule has 1 amide bonds. The number of hydrogen-bond acceptors (Lipinski definition) is 4. The molecule has 18 heavy (non-hydrogen) atoms. The molecule has 1 saturated heterocycles. The lowest BCUT2D eigenvalue weighted by atomic mass is 10.1. The number of ether oxygens (including phenoxy) is 3. The molecule has 1 aromatic carbocycles. The van der Waals surface area contributed by atoms with Crippen LogP contribution in [0.5, 0.6) is 0 Å². The maximum Gasteiger partial charge on any atom is 0.404 e. The van der Waals surface area contributed by atoms with Crippen molar-refractivity contribution in [1.29, 1.82) is 0 Å². The average molecular weight is 272 g/mol. The summed E-state index contributed by atoms with van der Waals surface area (Å²) in [5.41, 5.74) is 5.75. The van der Waals surface area contributed by atoms with Gasteiger partial charge in [-0.1, -0.05) is 23.7 Å². The van der Waals surface area contributed by atoms with Gasteiger partial charge in [-0.3, -0.25) is 0 Å². The van der Waals surface area contributed by atoms with E-state index in [2.05, 4.69) is 4.74 Å². The Bertz CT molecular complexity index is 436. The molecule has 6 heteroatoms. The highest BCUT2D eigenvalue weighted by molar-refractivity contribution is 6.30. The first-order valence-corrected chi connectivity index (χ1v) is 5.87. The summed E-state index contributed by atoms with van der Waals surface area (Å²) in [5.74, 6) is -0.851. The van der Waals surface area contributed by atoms with Crippen LogP contribution in [0, 0.1) is 0 Å². The van der Waals surface area contributed by atoms with Crippen LogP contribution in [0.25, 0.3) is 0 Å². The molecule has 1 aliphatic rings. The number of carbonyl (C=O) groups excluding carboxylic acids is 1. The summed E-state index contributed by atoms with van der Waals surface area (Å²) in [7, 11) is 0. The highest BCUT2D eigenvalue weighted by Gasteiger charge is 2.39. The first kappa shape index (κ1) is 13.1. The van der Waals surface area contributed by atoms with Crippen LogP contribution in [0.3, 0.4) is 0 Å². The van der Waals surface area contributed by atoms with Gasteiger partial charge in [0.1, 0.15) is 12.7 Å². The minimum Gasteiger partial charge on any atom is -0.447 e. The third-order valence-corrected chi connectivity index (χ3v) is 2.97. The number of hydrogen-bond donors (Lipinski definition) is 1. The molecule has 1 heterocycles. The lowest BCUT2D eigenvalue weighted by molar-refractivity contribution is -0.165. The molecule has 2 atom stereocenters. The highest BCUT2D eigenvalue weighted by atomic mass is 35.5. The molecular formula is C12H14ClNO4. The van der Waals surface area contributed by atoms with Gasteiger partial charge in [-0.15, -0.1) is 0 Å². The van der Waals surface area contributed by atoms with E-state index in [-0.39, 0.29) is 12.7 Å². The zero-order chi connectivity index (χ0) is 13.2. The Morgan fingerprint density at radius 3 is 2.83 bits per heavy atom. The monoisotopic (exact) mass is 271 g/mol. The van der Waals surface area contributed by atoms with E-state index < -0.39 is 11.9 Å². The number of amides is 1. The molecule has 0 spiro atoms. The fraction of sp³-hybridized carbons (Fsp3) is 0.417. The fourth-order valence-corrected chi connectivity index (χ4v) is 1.93. The molecule has 1 fully saturated rings. The number of benzene rings is 1. The Kier molecular flexibility index (Phi) is 3.75. The van der Waals surface area contributed by atoms with Crippen LogP contribution in [0.1, 0.15) is 12.5 Å². The van der Waals surface area contributed by atoms with E-state index in [1.807, 2.05) is 12.1 Å². The molecule has 0 saturated carbocycles. The smallest absolute Gasteiger partial charge is 0.404 e. The van der Waals surface area contributed by atoms with Gasteiger partial charge in [0.25, 0.3) is 0 Å². The van der Waals surface area contributed by atoms with Crippen LogP contribution in [-0.4, -0.2) is 25.4 Å². The van der Waals surface area contributed by atoms with Crippen LogP contribution in [0.2, 0.25) is 5.02 Å². The molecule has 1 aromatic rings. The van der Waals surface area contributed by atoms with Gasteiger partial charge in [0.15, 0.2) is 5.79 Å². The molecule has 0 radical (unpaired) electrons. The van der Waals surface area contributed by atoms with Crippen molar-refractivity contribution >= 4 is 17.7 Å². The topological polar surface area (TPSA) is 70.8 Å². The molecule has 2 rings (SSSR count). The van der Waals surface area contributed by atoms with Crippen LogP contribution in [0.15, 0.2) is 24.3 Å². The second-order valence-electron chi connectivity index (χ2n) is 4.13. The molecular weight excluding hydrogens is 258 g/mol. The quantitative estimate of drug-likeness (QED) is 0.913. The van der Waals surface area contributed by atoms with Crippen LogP contribution in [-0.2, 0) is 20.0 Å². The molecule has 0 bridgehead atoms. The molecule has 0 aliphatic carbocycles. The summed E-state index contributed by atoms with van der Waals surface area (Å²) >= 11 is 5.82. The number of carbonyl (C=O) groups is 1. The second kappa shape index (κ2) is 5.14. The number of nitrogens with two attached hydrogens (primary N) is 1. The molecule has 98 valence electrons. The SMILES string of the molecule is C[C@@]1(c2ccc(Cl)cc2)OC[C@H](COC(N)=O)O1. The van der Waals surface area contributed by atoms with Gasteiger partial charge in [-0.05, 0) is 19.1 Å². The van der Waals surface area contributed by atoms with E-state index >= 15 is 0 Å². The Labute approximate surface area is 110 Å². The van der Waals surface area contributed by atoms with E-state index in [1.54, 1.807) is 19.1 Å². The molecule has 0 aromatic heterocycles. The van der Waals surface area contributed by atoms with E-state index in [0.29, 0.717) is 11.6 Å². The Morgan fingerprint density at radius 1 is 1.56 bits per heavy atom. The zero-order valence-corrected chi connectivity index (χ0v) is 10.6. The fourth-order valence-electron chi connectivity index (χ4n) is 1.80. The van der Waals surface area contributed by atoms with Gasteiger partial charge >= 0.3 is 6.09 Å². The van der Waals surface area contributed by atoms with Crippen molar-refractivity contribution in [3.05, 3.63) is 34.9 Å². The van der Waals surface area contributed by atoms with Crippen molar-refractivity contribution in [2.24, 2.45) is 5.73 Å². The van der Waals surface area contributed by atoms with Gasteiger partial charge in [-0.25, -0.2) is 4.79 Å². The lowest BCUT2D eigenvalue weighted by Gasteiger charge is -2.23. The largest absolute Gasteiger partial charge is 0.447 e. The van der Waals surface area contributed by atoms with E-state index in [0.717, 1.165) is 5.56 Å². The third-order valence-electron chi connectivity index (χ3n) is 2.72. The van der Waals surface area contributed by atoms with Gasteiger partial charge in [0.05, 0.1) is 6.61 Å². The summed E-state index contributed by atoms with van der Waals surface area (Å²) in [4.78, 5) is 10.5. The van der Waals surface area contributed by atoms with Crippen LogP contribution in [0.4, 0.5) is 4.79 Å². The van der Waals surface area contributed by atoms with Crippen molar-refractivity contribution in [1.82, 2.24) is 0 Å². The molecule has 2 N–H and O–H groups in total. The number of halogens is 1. The maximum absolute atomic E-state index is 10.5. The predicted octanol–water partition coefficient (Wildman–Crippen LogP) is 2.02. The van der Waals surface area contributed by atoms with Crippen molar-refractivity contribution < 1.29 is 19.0 Å². The summed E-state index contributed by atoms with van der Waals surface area (Å²) < 4.78 is 16.0. The average Bonchev–Trinajstić information content (AvgIpc) is 2.71. The standard InChI is InChI=1S/C12H14ClNO4/c1-12(8-2-4-9(13)5-3-8)17-7-10(18-12)6-16-11(14)15/h2-5,10H,6-7H2,1H3,(H2,14,15)/t10-,12+/m0/s1. The van der Waals surface area contributed by atoms with E-state index in [9.17, 15) is 4.79 Å². The molecule has 0 unspecified atom stereocenters. The van der Waals surface area contributed by atoms with E-state index in [1.165, 1.54) is 0 Å². The summed E-state index contributed by atoms with van der Waals surface area (Å²) in [6, 6.07) is 7.20. The first-order valence-electron chi connectivity index (χ1n) is 5.50. The van der Waals surface area contributed by atoms with Gasteiger partial charge in [0, 0.05) is 10.6 Å². The van der Waals surface area contributed by atoms with Crippen molar-refractivity contribution in [2.45, 2.75) is 18.8 Å². The van der Waals surface area contributed by atoms with E-state index in [4.69, 9.17) is 26.8 Å². The van der Waals surface area contributed by atoms with Gasteiger partial charge in [-0.2, -0.15) is 0 Å². The maximum atomic E-state index is 10.5. The van der Waals surface area contributed by atoms with Crippen molar-refractivity contribution in [2.75, 3.05) is 13.2 Å². The zero-order valence-electron chi connectivity index (χ0n) is 9.89. The Balaban J connectivity index is 2.01. The number of primary amides is 1. The van der Waals surface area contributed by atoms with Crippen molar-refractivity contribution in [3.63, 3.8) is 0 Å². The predicted molar refractivity (Wildman–Crippen MR) is 65.2 cm³/mol. The first-order chi connectivity index (χ1) is 8.49. The van der Waals surface area contributed by atoms with Gasteiger partial charge in [0.2, 0.25) is 0 Å². The third kappa shape index (κ3) is 2.93. The normalized spacial score (nSPS) is 27.1. The van der Waals surface area contributed by atoms with Crippen molar-refractivity contribution in [3.8, 4) is 0 Å². The lowest BCUT2D eigenvalue weighted by Crippen LogP contribution is -2.27. The molecule has 5 nitrogen and oxygen atoms in total. The summed E-state index contributed by atoms with van der Waals surface area (Å²) in [6.07, 6.45) is -1.14. The minimum absolute atomic E-state index is 0.0819. The molecule has 1 aliphatic heterocycles. The summed E-state index contributed by atoms with van der Waals surface area (Å²) in [6.45, 7) is 2.23. The Morgan fingerprint density at radius 2 is 2.22 bits per heavy atom. The second-order valence-corrected chi connectivity index (χ2v) is 4.57. The Hall–Kier alpha value is -1.30. The highest BCUT2D eigenvalue weighted by Crippen LogP contribution is 2.34.